The van der Waals surface area contributed by atoms with E-state index in [4.69, 9.17) is 17.3 Å². The molecule has 0 unspecified atom stereocenters. The van der Waals surface area contributed by atoms with E-state index in [1.165, 1.54) is 0 Å². The number of rotatable bonds is 1. The van der Waals surface area contributed by atoms with E-state index in [1.54, 1.807) is 6.20 Å². The first-order chi connectivity index (χ1) is 7.27. The molecule has 1 aliphatic rings. The van der Waals surface area contributed by atoms with Gasteiger partial charge in [-0.2, -0.15) is 0 Å². The fraction of sp³-hybridized carbons (Fsp3) is 0.0833. The summed E-state index contributed by atoms with van der Waals surface area (Å²) >= 11 is 6.15. The normalized spacial score (nSPS) is 16.2. The lowest BCUT2D eigenvalue weighted by Crippen LogP contribution is -2.08. The molecule has 1 heterocycles. The Labute approximate surface area is 93.8 Å². The van der Waals surface area contributed by atoms with E-state index in [1.807, 2.05) is 36.4 Å². The Bertz CT molecular complexity index is 444. The van der Waals surface area contributed by atoms with Crippen molar-refractivity contribution in [2.75, 3.05) is 0 Å². The van der Waals surface area contributed by atoms with E-state index < -0.39 is 0 Å². The highest BCUT2D eigenvalue weighted by molar-refractivity contribution is 6.37. The zero-order valence-electron chi connectivity index (χ0n) is 8.15. The van der Waals surface area contributed by atoms with Crippen LogP contribution in [-0.2, 0) is 0 Å². The summed E-state index contributed by atoms with van der Waals surface area (Å²) in [5.41, 5.74) is 7.61. The van der Waals surface area contributed by atoms with Gasteiger partial charge in [-0.15, -0.1) is 0 Å². The van der Waals surface area contributed by atoms with Gasteiger partial charge >= 0.3 is 0 Å². The van der Waals surface area contributed by atoms with Crippen LogP contribution in [0.2, 0.25) is 0 Å². The molecule has 1 aromatic carbocycles. The lowest BCUT2D eigenvalue weighted by molar-refractivity contribution is 1.37. The summed E-state index contributed by atoms with van der Waals surface area (Å²) in [6.07, 6.45) is 4.20. The first kappa shape index (κ1) is 9.99. The third-order valence-corrected chi connectivity index (χ3v) is 2.55. The van der Waals surface area contributed by atoms with Gasteiger partial charge in [-0.05, 0) is 5.56 Å². The van der Waals surface area contributed by atoms with Crippen molar-refractivity contribution in [1.29, 1.82) is 0 Å². The Morgan fingerprint density at radius 3 is 2.67 bits per heavy atom. The van der Waals surface area contributed by atoms with Crippen LogP contribution in [0.4, 0.5) is 0 Å². The Morgan fingerprint density at radius 2 is 1.93 bits per heavy atom. The van der Waals surface area contributed by atoms with Crippen LogP contribution in [0.15, 0.2) is 52.6 Å². The van der Waals surface area contributed by atoms with Crippen molar-refractivity contribution in [2.24, 2.45) is 10.7 Å². The van der Waals surface area contributed by atoms with Crippen LogP contribution in [0, 0.1) is 0 Å². The van der Waals surface area contributed by atoms with Gasteiger partial charge in [-0.3, -0.25) is 0 Å². The van der Waals surface area contributed by atoms with E-state index >= 15 is 0 Å². The largest absolute Gasteiger partial charge is 0.387 e. The zero-order chi connectivity index (χ0) is 10.7. The minimum atomic E-state index is 0.582. The SMILES string of the molecule is NC1=NC=C(c2ccccc2)C(Cl)=CC1. The molecule has 2 N–H and O–H groups in total. The Kier molecular flexibility index (Phi) is 2.88. The van der Waals surface area contributed by atoms with Gasteiger partial charge in [0.2, 0.25) is 0 Å². The molecule has 15 heavy (non-hydrogen) atoms. The molecule has 0 spiro atoms. The second-order valence-electron chi connectivity index (χ2n) is 3.29. The van der Waals surface area contributed by atoms with Gasteiger partial charge in [-0.25, -0.2) is 4.99 Å². The predicted molar refractivity (Wildman–Crippen MR) is 64.6 cm³/mol. The van der Waals surface area contributed by atoms with Crippen molar-refractivity contribution in [3.05, 3.63) is 53.2 Å². The highest BCUT2D eigenvalue weighted by Crippen LogP contribution is 2.27. The monoisotopic (exact) mass is 218 g/mol. The maximum atomic E-state index is 6.15. The van der Waals surface area contributed by atoms with Gasteiger partial charge in [-0.1, -0.05) is 48.0 Å². The highest BCUT2D eigenvalue weighted by Gasteiger charge is 2.07. The standard InChI is InChI=1S/C12H11ClN2/c13-11-6-7-12(14)15-8-10(11)9-4-2-1-3-5-9/h1-6,8H,7H2,(H2,14,15). The van der Waals surface area contributed by atoms with Gasteiger partial charge in [0.15, 0.2) is 0 Å². The molecule has 0 fully saturated rings. The fourth-order valence-electron chi connectivity index (χ4n) is 1.40. The summed E-state index contributed by atoms with van der Waals surface area (Å²) in [6, 6.07) is 9.91. The zero-order valence-corrected chi connectivity index (χ0v) is 8.91. The van der Waals surface area contributed by atoms with Crippen molar-refractivity contribution in [3.63, 3.8) is 0 Å². The van der Waals surface area contributed by atoms with Crippen LogP contribution < -0.4 is 5.73 Å². The molecular formula is C12H11ClN2. The minimum Gasteiger partial charge on any atom is -0.387 e. The number of hydrogen-bond donors (Lipinski definition) is 1. The van der Waals surface area contributed by atoms with Crippen LogP contribution in [0.25, 0.3) is 5.57 Å². The lowest BCUT2D eigenvalue weighted by atomic mass is 10.1. The molecule has 2 nitrogen and oxygen atoms in total. The molecule has 1 aromatic rings. The van der Waals surface area contributed by atoms with Gasteiger partial charge < -0.3 is 5.73 Å². The van der Waals surface area contributed by atoms with Crippen LogP contribution in [0.5, 0.6) is 0 Å². The second-order valence-corrected chi connectivity index (χ2v) is 3.69. The molecule has 0 amide bonds. The predicted octanol–water partition coefficient (Wildman–Crippen LogP) is 2.91. The highest BCUT2D eigenvalue weighted by atomic mass is 35.5. The maximum absolute atomic E-state index is 6.15. The average molecular weight is 219 g/mol. The topological polar surface area (TPSA) is 38.4 Å². The maximum Gasteiger partial charge on any atom is 0.103 e. The van der Waals surface area contributed by atoms with E-state index in [-0.39, 0.29) is 0 Å². The van der Waals surface area contributed by atoms with E-state index in [2.05, 4.69) is 4.99 Å². The van der Waals surface area contributed by atoms with Gasteiger partial charge in [0.25, 0.3) is 0 Å². The molecule has 3 heteroatoms. The summed E-state index contributed by atoms with van der Waals surface area (Å²) in [7, 11) is 0. The van der Waals surface area contributed by atoms with Crippen LogP contribution in [-0.4, -0.2) is 5.84 Å². The second kappa shape index (κ2) is 4.32. The third kappa shape index (κ3) is 2.28. The van der Waals surface area contributed by atoms with E-state index in [9.17, 15) is 0 Å². The third-order valence-electron chi connectivity index (χ3n) is 2.19. The molecule has 0 atom stereocenters. The number of benzene rings is 1. The van der Waals surface area contributed by atoms with Crippen molar-refractivity contribution >= 4 is 23.0 Å². The van der Waals surface area contributed by atoms with E-state index in [0.717, 1.165) is 11.1 Å². The first-order valence-electron chi connectivity index (χ1n) is 4.71. The molecule has 0 bridgehead atoms. The number of halogens is 1. The number of hydrogen-bond acceptors (Lipinski definition) is 2. The van der Waals surface area contributed by atoms with Gasteiger partial charge in [0, 0.05) is 23.2 Å². The first-order valence-corrected chi connectivity index (χ1v) is 5.09. The lowest BCUT2D eigenvalue weighted by Gasteiger charge is -2.03. The molecule has 76 valence electrons. The quantitative estimate of drug-likeness (QED) is 0.774. The van der Waals surface area contributed by atoms with Crippen molar-refractivity contribution in [2.45, 2.75) is 6.42 Å². The molecule has 1 aliphatic heterocycles. The molecule has 0 radical (unpaired) electrons. The number of aliphatic imine (C=N–C) groups is 1. The van der Waals surface area contributed by atoms with Crippen molar-refractivity contribution < 1.29 is 0 Å². The molecule has 0 aromatic heterocycles. The smallest absolute Gasteiger partial charge is 0.103 e. The number of amidine groups is 1. The fourth-order valence-corrected chi connectivity index (χ4v) is 1.63. The summed E-state index contributed by atoms with van der Waals surface area (Å²) < 4.78 is 0. The molecule has 0 aliphatic carbocycles. The number of nitrogens with zero attached hydrogens (tertiary/aromatic N) is 1. The molecular weight excluding hydrogens is 208 g/mol. The average Bonchev–Trinajstić information content (AvgIpc) is 2.43. The van der Waals surface area contributed by atoms with Crippen LogP contribution >= 0.6 is 11.6 Å². The van der Waals surface area contributed by atoms with Crippen molar-refractivity contribution in [3.8, 4) is 0 Å². The van der Waals surface area contributed by atoms with Crippen molar-refractivity contribution in [1.82, 2.24) is 0 Å². The summed E-state index contributed by atoms with van der Waals surface area (Å²) in [5.74, 6) is 0.582. The Balaban J connectivity index is 2.44. The van der Waals surface area contributed by atoms with E-state index in [0.29, 0.717) is 17.3 Å². The summed E-state index contributed by atoms with van der Waals surface area (Å²) in [6.45, 7) is 0. The molecule has 0 saturated carbocycles. The molecule has 0 saturated heterocycles. The summed E-state index contributed by atoms with van der Waals surface area (Å²) in [5, 5.41) is 0.699. The number of allylic oxidation sites excluding steroid dienone is 2. The Hall–Kier alpha value is -1.54. The minimum absolute atomic E-state index is 0.582. The van der Waals surface area contributed by atoms with Crippen LogP contribution in [0.3, 0.4) is 0 Å². The van der Waals surface area contributed by atoms with Gasteiger partial charge in [0.05, 0.1) is 0 Å². The summed E-state index contributed by atoms with van der Waals surface area (Å²) in [4.78, 5) is 4.13. The number of nitrogens with two attached hydrogens (primary N) is 1. The van der Waals surface area contributed by atoms with Crippen LogP contribution in [0.1, 0.15) is 12.0 Å². The Morgan fingerprint density at radius 1 is 1.20 bits per heavy atom. The van der Waals surface area contributed by atoms with Gasteiger partial charge in [0.1, 0.15) is 5.84 Å². The molecule has 2 rings (SSSR count).